The summed E-state index contributed by atoms with van der Waals surface area (Å²) in [6.07, 6.45) is 3.02. The monoisotopic (exact) mass is 161 g/mol. The van der Waals surface area contributed by atoms with Crippen molar-refractivity contribution in [1.29, 1.82) is 0 Å². The molecule has 1 heterocycles. The highest BCUT2D eigenvalue weighted by Crippen LogP contribution is 2.12. The van der Waals surface area contributed by atoms with Crippen LogP contribution in [0.4, 0.5) is 0 Å². The van der Waals surface area contributed by atoms with Crippen LogP contribution in [0.25, 0.3) is 0 Å². The number of allylic oxidation sites excluding steroid dienone is 1. The Kier molecular flexibility index (Phi) is 2.75. The number of nitrogens with zero attached hydrogens (tertiary/aromatic N) is 1. The molecule has 0 saturated carbocycles. The fourth-order valence-corrected chi connectivity index (χ4v) is 0.955. The topological polar surface area (TPSA) is 30.0 Å². The van der Waals surface area contributed by atoms with Crippen LogP contribution in [0.5, 0.6) is 0 Å². The third-order valence-electron chi connectivity index (χ3n) is 1.76. The second kappa shape index (κ2) is 3.81. The molecule has 62 valence electrons. The van der Waals surface area contributed by atoms with Gasteiger partial charge >= 0.3 is 0 Å². The molecule has 1 rings (SSSR count). The average molecular weight is 161 g/mol. The summed E-state index contributed by atoms with van der Waals surface area (Å²) in [5.74, 6) is -0.169. The summed E-state index contributed by atoms with van der Waals surface area (Å²) >= 11 is 0. The molecule has 0 radical (unpaired) electrons. The number of aromatic nitrogens is 1. The number of rotatable bonds is 3. The van der Waals surface area contributed by atoms with Gasteiger partial charge in [0.25, 0.3) is 0 Å². The highest BCUT2D eigenvalue weighted by molar-refractivity contribution is 5.94. The Balaban J connectivity index is 2.85. The maximum absolute atomic E-state index is 11.2. The zero-order chi connectivity index (χ0) is 8.97. The van der Waals surface area contributed by atoms with E-state index in [1.807, 2.05) is 25.1 Å². The molecular formula is C10H11NO. The normalized spacial score (nSPS) is 12.1. The van der Waals surface area contributed by atoms with Crippen LogP contribution in [0.2, 0.25) is 0 Å². The van der Waals surface area contributed by atoms with E-state index < -0.39 is 0 Å². The van der Waals surface area contributed by atoms with Gasteiger partial charge in [0.1, 0.15) is 0 Å². The molecule has 1 atom stereocenters. The molecule has 12 heavy (non-hydrogen) atoms. The molecule has 0 aromatic carbocycles. The van der Waals surface area contributed by atoms with Crippen LogP contribution in [-0.2, 0) is 4.79 Å². The van der Waals surface area contributed by atoms with E-state index in [0.29, 0.717) is 0 Å². The molecule has 0 aliphatic heterocycles. The van der Waals surface area contributed by atoms with E-state index in [0.717, 1.165) is 5.69 Å². The van der Waals surface area contributed by atoms with Crippen molar-refractivity contribution in [2.75, 3.05) is 0 Å². The summed E-state index contributed by atoms with van der Waals surface area (Å²) < 4.78 is 0. The van der Waals surface area contributed by atoms with Gasteiger partial charge in [0.05, 0.1) is 11.6 Å². The summed E-state index contributed by atoms with van der Waals surface area (Å²) in [5.41, 5.74) is 0.794. The second-order valence-electron chi connectivity index (χ2n) is 2.58. The summed E-state index contributed by atoms with van der Waals surface area (Å²) in [7, 11) is 0. The van der Waals surface area contributed by atoms with Gasteiger partial charge in [-0.15, -0.1) is 0 Å². The molecule has 0 amide bonds. The van der Waals surface area contributed by atoms with Crippen molar-refractivity contribution in [3.05, 3.63) is 42.7 Å². The Labute approximate surface area is 71.9 Å². The molecule has 0 N–H and O–H groups in total. The van der Waals surface area contributed by atoms with Gasteiger partial charge < -0.3 is 0 Å². The van der Waals surface area contributed by atoms with Crippen molar-refractivity contribution in [2.24, 2.45) is 0 Å². The molecule has 1 unspecified atom stereocenters. The molecule has 1 aromatic rings. The Bertz CT molecular complexity index is 279. The van der Waals surface area contributed by atoms with E-state index in [-0.39, 0.29) is 11.7 Å². The van der Waals surface area contributed by atoms with E-state index in [1.165, 1.54) is 6.08 Å². The van der Waals surface area contributed by atoms with Gasteiger partial charge in [0.15, 0.2) is 5.78 Å². The van der Waals surface area contributed by atoms with Crippen molar-refractivity contribution in [3.8, 4) is 0 Å². The molecule has 2 heteroatoms. The lowest BCUT2D eigenvalue weighted by atomic mass is 10.0. The van der Waals surface area contributed by atoms with E-state index in [4.69, 9.17) is 0 Å². The number of pyridine rings is 1. The zero-order valence-corrected chi connectivity index (χ0v) is 7.03. The predicted molar refractivity (Wildman–Crippen MR) is 47.9 cm³/mol. The van der Waals surface area contributed by atoms with Gasteiger partial charge in [-0.2, -0.15) is 0 Å². The largest absolute Gasteiger partial charge is 0.294 e. The summed E-state index contributed by atoms with van der Waals surface area (Å²) in [4.78, 5) is 15.2. The molecule has 0 bridgehead atoms. The van der Waals surface area contributed by atoms with Crippen molar-refractivity contribution >= 4 is 5.78 Å². The van der Waals surface area contributed by atoms with Crippen molar-refractivity contribution in [2.45, 2.75) is 12.8 Å². The maximum Gasteiger partial charge on any atom is 0.163 e. The number of ketones is 1. The number of carbonyl (C=O) groups excluding carboxylic acids is 1. The van der Waals surface area contributed by atoms with E-state index >= 15 is 0 Å². The van der Waals surface area contributed by atoms with Crippen LogP contribution in [0.1, 0.15) is 18.5 Å². The third kappa shape index (κ3) is 1.78. The maximum atomic E-state index is 11.2. The summed E-state index contributed by atoms with van der Waals surface area (Å²) in [6, 6.07) is 5.54. The van der Waals surface area contributed by atoms with Gasteiger partial charge in [-0.3, -0.25) is 9.78 Å². The van der Waals surface area contributed by atoms with E-state index in [2.05, 4.69) is 11.6 Å². The lowest BCUT2D eigenvalue weighted by Crippen LogP contribution is -2.06. The fraction of sp³-hybridized carbons (Fsp3) is 0.200. The van der Waals surface area contributed by atoms with Gasteiger partial charge in [-0.1, -0.05) is 12.6 Å². The van der Waals surface area contributed by atoms with Crippen molar-refractivity contribution in [1.82, 2.24) is 4.98 Å². The fourth-order valence-electron chi connectivity index (χ4n) is 0.955. The lowest BCUT2D eigenvalue weighted by molar-refractivity contribution is -0.115. The molecule has 0 spiro atoms. The molecule has 0 aliphatic rings. The number of hydrogen-bond acceptors (Lipinski definition) is 2. The third-order valence-corrected chi connectivity index (χ3v) is 1.76. The Hall–Kier alpha value is -1.44. The average Bonchev–Trinajstić information content (AvgIpc) is 2.17. The molecule has 1 aromatic heterocycles. The predicted octanol–water partition coefficient (Wildman–Crippen LogP) is 1.94. The van der Waals surface area contributed by atoms with Gasteiger partial charge in [0, 0.05) is 6.20 Å². The van der Waals surface area contributed by atoms with Gasteiger partial charge in [-0.25, -0.2) is 0 Å². The van der Waals surface area contributed by atoms with E-state index in [9.17, 15) is 4.79 Å². The Morgan fingerprint density at radius 2 is 2.42 bits per heavy atom. The Morgan fingerprint density at radius 1 is 1.67 bits per heavy atom. The van der Waals surface area contributed by atoms with Crippen LogP contribution in [0.15, 0.2) is 37.1 Å². The van der Waals surface area contributed by atoms with Crippen LogP contribution in [0.3, 0.4) is 0 Å². The highest BCUT2D eigenvalue weighted by atomic mass is 16.1. The minimum atomic E-state index is -0.177. The quantitative estimate of drug-likeness (QED) is 0.634. The Morgan fingerprint density at radius 3 is 2.92 bits per heavy atom. The SMILES string of the molecule is C=CC(=O)C(C)c1ccccn1. The van der Waals surface area contributed by atoms with Gasteiger partial charge in [0.2, 0.25) is 0 Å². The standard InChI is InChI=1S/C10H11NO/c1-3-10(12)8(2)9-6-4-5-7-11-9/h3-8H,1H2,2H3. The smallest absolute Gasteiger partial charge is 0.163 e. The molecule has 0 saturated heterocycles. The highest BCUT2D eigenvalue weighted by Gasteiger charge is 2.11. The van der Waals surface area contributed by atoms with E-state index in [1.54, 1.807) is 6.20 Å². The summed E-state index contributed by atoms with van der Waals surface area (Å²) in [5, 5.41) is 0. The molecule has 0 fully saturated rings. The zero-order valence-electron chi connectivity index (χ0n) is 7.03. The van der Waals surface area contributed by atoms with Crippen LogP contribution in [0, 0.1) is 0 Å². The first-order valence-electron chi connectivity index (χ1n) is 3.83. The lowest BCUT2D eigenvalue weighted by Gasteiger charge is -2.05. The second-order valence-corrected chi connectivity index (χ2v) is 2.58. The first-order chi connectivity index (χ1) is 5.75. The number of hydrogen-bond donors (Lipinski definition) is 0. The summed E-state index contributed by atoms with van der Waals surface area (Å²) in [6.45, 7) is 5.26. The van der Waals surface area contributed by atoms with Crippen LogP contribution >= 0.6 is 0 Å². The van der Waals surface area contributed by atoms with Crippen molar-refractivity contribution < 1.29 is 4.79 Å². The van der Waals surface area contributed by atoms with Crippen LogP contribution < -0.4 is 0 Å². The first kappa shape index (κ1) is 8.65. The first-order valence-corrected chi connectivity index (χ1v) is 3.83. The van der Waals surface area contributed by atoms with Crippen molar-refractivity contribution in [3.63, 3.8) is 0 Å². The molecular weight excluding hydrogens is 150 g/mol. The van der Waals surface area contributed by atoms with Crippen LogP contribution in [-0.4, -0.2) is 10.8 Å². The minimum Gasteiger partial charge on any atom is -0.294 e. The minimum absolute atomic E-state index is 0.00806. The molecule has 2 nitrogen and oxygen atoms in total. The molecule has 0 aliphatic carbocycles. The van der Waals surface area contributed by atoms with Gasteiger partial charge in [-0.05, 0) is 25.1 Å². The number of carbonyl (C=O) groups is 1.